The minimum absolute atomic E-state index is 0.119. The molecule has 0 aliphatic heterocycles. The van der Waals surface area contributed by atoms with Crippen molar-refractivity contribution in [1.82, 2.24) is 13.7 Å². The molecule has 190 valence electrons. The summed E-state index contributed by atoms with van der Waals surface area (Å²) in [5.74, 6) is 0. The molecule has 0 radical (unpaired) electrons. The van der Waals surface area contributed by atoms with Crippen LogP contribution in [0, 0.1) is 0 Å². The summed E-state index contributed by atoms with van der Waals surface area (Å²) in [7, 11) is 3.90. The first-order valence-corrected chi connectivity index (χ1v) is 12.1. The zero-order valence-corrected chi connectivity index (χ0v) is 21.2. The van der Waals surface area contributed by atoms with Gasteiger partial charge < -0.3 is 10.2 Å². The van der Waals surface area contributed by atoms with Gasteiger partial charge >= 0.3 is 5.69 Å². The van der Waals surface area contributed by atoms with E-state index >= 15 is 0 Å². The lowest BCUT2D eigenvalue weighted by molar-refractivity contribution is 0.751. The standard InChI is InChI=1S/C30H27N5O3/c1-4-19-33-26(36)20-25(31-21-15-17-22(18-16-21)32(2)3)27-28(33)34(23-11-7-5-8-12-23)30(38)35(29(27)37)24-13-9-6-10-14-24/h4-18,20,31H,1,19H2,2-3H3. The van der Waals surface area contributed by atoms with Crippen molar-refractivity contribution in [3.63, 3.8) is 0 Å². The fourth-order valence-electron chi connectivity index (χ4n) is 4.48. The first-order valence-electron chi connectivity index (χ1n) is 12.1. The van der Waals surface area contributed by atoms with Crippen molar-refractivity contribution in [2.75, 3.05) is 24.3 Å². The van der Waals surface area contributed by atoms with E-state index in [-0.39, 0.29) is 23.1 Å². The van der Waals surface area contributed by atoms with Crippen LogP contribution in [0.5, 0.6) is 0 Å². The number of rotatable bonds is 7. The highest BCUT2D eigenvalue weighted by Gasteiger charge is 2.22. The summed E-state index contributed by atoms with van der Waals surface area (Å²) in [5, 5.41) is 3.46. The van der Waals surface area contributed by atoms with E-state index in [0.717, 1.165) is 10.3 Å². The summed E-state index contributed by atoms with van der Waals surface area (Å²) in [6, 6.07) is 26.7. The Balaban J connectivity index is 1.92. The summed E-state index contributed by atoms with van der Waals surface area (Å²) < 4.78 is 3.95. The van der Waals surface area contributed by atoms with Gasteiger partial charge in [-0.2, -0.15) is 0 Å². The monoisotopic (exact) mass is 505 g/mol. The van der Waals surface area contributed by atoms with Gasteiger partial charge in [0.2, 0.25) is 0 Å². The van der Waals surface area contributed by atoms with Gasteiger partial charge in [-0.05, 0) is 48.5 Å². The smallest absolute Gasteiger partial charge is 0.341 e. The number of nitrogens with zero attached hydrogens (tertiary/aromatic N) is 4. The Morgan fingerprint density at radius 2 is 1.39 bits per heavy atom. The Labute approximate surface area is 219 Å². The van der Waals surface area contributed by atoms with Gasteiger partial charge in [0, 0.05) is 38.1 Å². The van der Waals surface area contributed by atoms with E-state index in [1.807, 2.05) is 55.4 Å². The van der Waals surface area contributed by atoms with Crippen LogP contribution in [-0.2, 0) is 6.54 Å². The maximum Gasteiger partial charge on any atom is 0.341 e. The third-order valence-corrected chi connectivity index (χ3v) is 6.30. The van der Waals surface area contributed by atoms with Crippen LogP contribution in [0.25, 0.3) is 22.4 Å². The molecule has 0 saturated heterocycles. The molecular weight excluding hydrogens is 478 g/mol. The lowest BCUT2D eigenvalue weighted by Gasteiger charge is -2.20. The van der Waals surface area contributed by atoms with Crippen molar-refractivity contribution < 1.29 is 0 Å². The number of para-hydroxylation sites is 2. The quantitative estimate of drug-likeness (QED) is 0.334. The van der Waals surface area contributed by atoms with Gasteiger partial charge in [-0.1, -0.05) is 42.5 Å². The number of anilines is 3. The molecule has 5 aromatic rings. The number of allylic oxidation sites excluding steroid dienone is 1. The molecule has 0 atom stereocenters. The summed E-state index contributed by atoms with van der Waals surface area (Å²) in [5.41, 5.74) is 1.67. The van der Waals surface area contributed by atoms with E-state index in [1.165, 1.54) is 15.2 Å². The van der Waals surface area contributed by atoms with Gasteiger partial charge in [0.1, 0.15) is 11.0 Å². The summed E-state index contributed by atoms with van der Waals surface area (Å²) in [4.78, 5) is 43.5. The highest BCUT2D eigenvalue weighted by atomic mass is 16.2. The van der Waals surface area contributed by atoms with Crippen molar-refractivity contribution in [1.29, 1.82) is 0 Å². The van der Waals surface area contributed by atoms with Crippen LogP contribution < -0.4 is 27.0 Å². The fourth-order valence-corrected chi connectivity index (χ4v) is 4.48. The van der Waals surface area contributed by atoms with Gasteiger partial charge in [-0.15, -0.1) is 6.58 Å². The van der Waals surface area contributed by atoms with Crippen LogP contribution in [0.3, 0.4) is 0 Å². The van der Waals surface area contributed by atoms with Crippen molar-refractivity contribution in [3.8, 4) is 11.4 Å². The molecule has 1 N–H and O–H groups in total. The first-order chi connectivity index (χ1) is 18.4. The van der Waals surface area contributed by atoms with Crippen molar-refractivity contribution in [2.24, 2.45) is 0 Å². The highest BCUT2D eigenvalue weighted by Crippen LogP contribution is 2.25. The van der Waals surface area contributed by atoms with Crippen LogP contribution in [0.15, 0.2) is 118 Å². The fraction of sp³-hybridized carbons (Fsp3) is 0.100. The predicted molar refractivity (Wildman–Crippen MR) is 154 cm³/mol. The van der Waals surface area contributed by atoms with Crippen molar-refractivity contribution >= 4 is 28.1 Å². The molecular formula is C30H27N5O3. The molecule has 0 bridgehead atoms. The zero-order chi connectivity index (χ0) is 26.8. The number of fused-ring (bicyclic) bond motifs is 1. The molecule has 38 heavy (non-hydrogen) atoms. The summed E-state index contributed by atoms with van der Waals surface area (Å²) in [6.07, 6.45) is 1.57. The molecule has 3 aromatic carbocycles. The molecule has 5 rings (SSSR count). The van der Waals surface area contributed by atoms with Crippen LogP contribution >= 0.6 is 0 Å². The van der Waals surface area contributed by atoms with Crippen molar-refractivity contribution in [2.45, 2.75) is 6.54 Å². The molecule has 0 aliphatic rings. The predicted octanol–water partition coefficient (Wildman–Crippen LogP) is 4.30. The second-order valence-electron chi connectivity index (χ2n) is 8.99. The first kappa shape index (κ1) is 24.6. The molecule has 0 spiro atoms. The molecule has 0 fully saturated rings. The van der Waals surface area contributed by atoms with Gasteiger partial charge in [-0.25, -0.2) is 13.9 Å². The van der Waals surface area contributed by atoms with E-state index < -0.39 is 11.2 Å². The Bertz CT molecular complexity index is 1800. The van der Waals surface area contributed by atoms with E-state index in [2.05, 4.69) is 11.9 Å². The minimum atomic E-state index is -0.579. The summed E-state index contributed by atoms with van der Waals surface area (Å²) in [6.45, 7) is 3.90. The second-order valence-corrected chi connectivity index (χ2v) is 8.99. The third kappa shape index (κ3) is 4.32. The third-order valence-electron chi connectivity index (χ3n) is 6.30. The van der Waals surface area contributed by atoms with Gasteiger partial charge in [0.05, 0.1) is 17.1 Å². The highest BCUT2D eigenvalue weighted by molar-refractivity contribution is 5.91. The number of hydrogen-bond acceptors (Lipinski definition) is 5. The number of aromatic nitrogens is 3. The Kier molecular flexibility index (Phi) is 6.53. The molecule has 2 heterocycles. The molecule has 0 unspecified atom stereocenters. The maximum atomic E-state index is 14.1. The Hall–Kier alpha value is -5.11. The van der Waals surface area contributed by atoms with E-state index in [0.29, 0.717) is 22.7 Å². The SMILES string of the molecule is C=CCn1c(=O)cc(Nc2ccc(N(C)C)cc2)c2c(=O)n(-c3ccccc3)c(=O)n(-c3ccccc3)c21. The maximum absolute atomic E-state index is 14.1. The average Bonchev–Trinajstić information content (AvgIpc) is 2.92. The van der Waals surface area contributed by atoms with Crippen LogP contribution in [0.4, 0.5) is 17.1 Å². The largest absolute Gasteiger partial charge is 0.378 e. The number of pyridine rings is 1. The van der Waals surface area contributed by atoms with Crippen LogP contribution in [-0.4, -0.2) is 27.8 Å². The lowest BCUT2D eigenvalue weighted by Crippen LogP contribution is -2.41. The van der Waals surface area contributed by atoms with E-state index in [4.69, 9.17) is 0 Å². The number of benzene rings is 3. The molecule has 2 aromatic heterocycles. The minimum Gasteiger partial charge on any atom is -0.378 e. The van der Waals surface area contributed by atoms with E-state index in [9.17, 15) is 14.4 Å². The van der Waals surface area contributed by atoms with Gasteiger partial charge in [0.25, 0.3) is 11.1 Å². The summed E-state index contributed by atoms with van der Waals surface area (Å²) >= 11 is 0. The van der Waals surface area contributed by atoms with Gasteiger partial charge in [0.15, 0.2) is 0 Å². The second kappa shape index (κ2) is 10.1. The van der Waals surface area contributed by atoms with Crippen LogP contribution in [0.1, 0.15) is 0 Å². The number of hydrogen-bond donors (Lipinski definition) is 1. The normalized spacial score (nSPS) is 10.9. The molecule has 0 aliphatic carbocycles. The molecule has 8 nitrogen and oxygen atoms in total. The van der Waals surface area contributed by atoms with Gasteiger partial charge in [-0.3, -0.25) is 14.2 Å². The number of nitrogens with one attached hydrogen (secondary N) is 1. The zero-order valence-electron chi connectivity index (χ0n) is 21.2. The van der Waals surface area contributed by atoms with E-state index in [1.54, 1.807) is 54.6 Å². The average molecular weight is 506 g/mol. The molecule has 0 saturated carbocycles. The lowest BCUT2D eigenvalue weighted by atomic mass is 10.2. The van der Waals surface area contributed by atoms with Crippen LogP contribution in [0.2, 0.25) is 0 Å². The Morgan fingerprint density at radius 3 is 1.95 bits per heavy atom. The molecule has 0 amide bonds. The topological polar surface area (TPSA) is 81.3 Å². The molecule has 8 heteroatoms. The van der Waals surface area contributed by atoms with Crippen molar-refractivity contribution in [3.05, 3.63) is 135 Å². The Morgan fingerprint density at radius 1 is 0.816 bits per heavy atom.